The SMILES string of the molecule is COc1ccc(CNC(=O)C(=O)N/N=C\c2cc(Br)ccc2OCC(=O)Nc2cc(Cl)ccc2C)cc1. The van der Waals surface area contributed by atoms with Gasteiger partial charge in [0, 0.05) is 27.3 Å². The minimum absolute atomic E-state index is 0.167. The molecule has 0 radical (unpaired) electrons. The molecule has 0 aliphatic carbocycles. The third kappa shape index (κ3) is 8.62. The van der Waals surface area contributed by atoms with Crippen LogP contribution >= 0.6 is 27.5 Å². The Kier molecular flexibility index (Phi) is 10.0. The van der Waals surface area contributed by atoms with E-state index in [4.69, 9.17) is 21.1 Å². The second kappa shape index (κ2) is 13.4. The van der Waals surface area contributed by atoms with Gasteiger partial charge in [0.2, 0.25) is 0 Å². The fourth-order valence-electron chi connectivity index (χ4n) is 3.03. The number of carbonyl (C=O) groups is 3. The first-order valence-corrected chi connectivity index (χ1v) is 12.1. The summed E-state index contributed by atoms with van der Waals surface area (Å²) in [6.07, 6.45) is 1.31. The topological polar surface area (TPSA) is 118 Å². The second-order valence-electron chi connectivity index (χ2n) is 7.71. The lowest BCUT2D eigenvalue weighted by Crippen LogP contribution is -2.37. The third-order valence-corrected chi connectivity index (χ3v) is 5.72. The van der Waals surface area contributed by atoms with Crippen LogP contribution < -0.4 is 25.5 Å². The van der Waals surface area contributed by atoms with Crippen LogP contribution in [0.4, 0.5) is 5.69 Å². The number of anilines is 1. The summed E-state index contributed by atoms with van der Waals surface area (Å²) in [5.41, 5.74) is 4.90. The van der Waals surface area contributed by atoms with E-state index in [2.05, 4.69) is 37.1 Å². The highest BCUT2D eigenvalue weighted by Gasteiger charge is 2.13. The number of nitrogens with one attached hydrogen (secondary N) is 3. The van der Waals surface area contributed by atoms with Gasteiger partial charge >= 0.3 is 11.8 Å². The zero-order valence-corrected chi connectivity index (χ0v) is 22.4. The number of ether oxygens (including phenoxy) is 2. The lowest BCUT2D eigenvalue weighted by atomic mass is 10.2. The minimum atomic E-state index is -0.932. The van der Waals surface area contributed by atoms with Crippen molar-refractivity contribution in [2.24, 2.45) is 5.10 Å². The summed E-state index contributed by atoms with van der Waals surface area (Å²) in [6, 6.07) is 17.3. The zero-order chi connectivity index (χ0) is 26.8. The standard InChI is InChI=1S/C26H24BrClN4O5/c1-16-3-7-20(28)12-22(16)31-24(33)15-37-23-10-6-19(27)11-18(23)14-30-32-26(35)25(34)29-13-17-4-8-21(36-2)9-5-17/h3-12,14H,13,15H2,1-2H3,(H,29,34)(H,31,33)(H,32,35)/b30-14-. The summed E-state index contributed by atoms with van der Waals surface area (Å²) in [7, 11) is 1.56. The van der Waals surface area contributed by atoms with Crippen LogP contribution in [0.15, 0.2) is 70.2 Å². The molecule has 0 aliphatic rings. The molecule has 11 heteroatoms. The lowest BCUT2D eigenvalue weighted by molar-refractivity contribution is -0.139. The van der Waals surface area contributed by atoms with Crippen molar-refractivity contribution in [2.45, 2.75) is 13.5 Å². The van der Waals surface area contributed by atoms with Crippen LogP contribution in [-0.4, -0.2) is 37.7 Å². The number of benzene rings is 3. The summed E-state index contributed by atoms with van der Waals surface area (Å²) in [6.45, 7) is 1.75. The Hall–Kier alpha value is -3.89. The molecule has 0 aliphatic heterocycles. The highest BCUT2D eigenvalue weighted by molar-refractivity contribution is 9.10. The number of amides is 3. The Balaban J connectivity index is 1.54. The van der Waals surface area contributed by atoms with Gasteiger partial charge in [0.25, 0.3) is 5.91 Å². The zero-order valence-electron chi connectivity index (χ0n) is 20.0. The Morgan fingerprint density at radius 3 is 2.51 bits per heavy atom. The van der Waals surface area contributed by atoms with E-state index in [1.807, 2.05) is 6.92 Å². The van der Waals surface area contributed by atoms with Crippen molar-refractivity contribution >= 4 is 57.2 Å². The van der Waals surface area contributed by atoms with E-state index in [-0.39, 0.29) is 19.1 Å². The van der Waals surface area contributed by atoms with Crippen LogP contribution in [0.25, 0.3) is 0 Å². The number of hydrogen-bond donors (Lipinski definition) is 3. The Morgan fingerprint density at radius 1 is 1.03 bits per heavy atom. The van der Waals surface area contributed by atoms with E-state index in [9.17, 15) is 14.4 Å². The van der Waals surface area contributed by atoms with Crippen molar-refractivity contribution in [1.82, 2.24) is 10.7 Å². The molecule has 0 fully saturated rings. The maximum Gasteiger partial charge on any atom is 0.329 e. The molecule has 0 aromatic heterocycles. The molecule has 0 heterocycles. The van der Waals surface area contributed by atoms with E-state index < -0.39 is 11.8 Å². The van der Waals surface area contributed by atoms with Crippen LogP contribution in [0.2, 0.25) is 5.02 Å². The van der Waals surface area contributed by atoms with Gasteiger partial charge in [0.1, 0.15) is 11.5 Å². The molecule has 0 saturated heterocycles. The van der Waals surface area contributed by atoms with Gasteiger partial charge in [-0.2, -0.15) is 5.10 Å². The van der Waals surface area contributed by atoms with Crippen LogP contribution in [0.5, 0.6) is 11.5 Å². The highest BCUT2D eigenvalue weighted by atomic mass is 79.9. The predicted molar refractivity (Wildman–Crippen MR) is 145 cm³/mol. The molecule has 3 N–H and O–H groups in total. The van der Waals surface area contributed by atoms with Crippen LogP contribution in [0, 0.1) is 6.92 Å². The van der Waals surface area contributed by atoms with Gasteiger partial charge in [-0.05, 0) is 60.5 Å². The van der Waals surface area contributed by atoms with Gasteiger partial charge in [-0.25, -0.2) is 5.43 Å². The van der Waals surface area contributed by atoms with E-state index >= 15 is 0 Å². The second-order valence-corrected chi connectivity index (χ2v) is 9.06. The molecule has 0 bridgehead atoms. The van der Waals surface area contributed by atoms with Crippen molar-refractivity contribution in [1.29, 1.82) is 0 Å². The van der Waals surface area contributed by atoms with Crippen molar-refractivity contribution in [3.8, 4) is 11.5 Å². The Morgan fingerprint density at radius 2 is 1.78 bits per heavy atom. The molecular formula is C26H24BrClN4O5. The molecule has 3 rings (SSSR count). The molecule has 192 valence electrons. The summed E-state index contributed by atoms with van der Waals surface area (Å²) < 4.78 is 11.5. The fourth-order valence-corrected chi connectivity index (χ4v) is 3.58. The maximum absolute atomic E-state index is 12.4. The number of halogens is 2. The fraction of sp³-hybridized carbons (Fsp3) is 0.154. The summed E-state index contributed by atoms with van der Waals surface area (Å²) in [4.78, 5) is 36.5. The van der Waals surface area contributed by atoms with E-state index in [1.165, 1.54) is 6.21 Å². The van der Waals surface area contributed by atoms with Gasteiger partial charge < -0.3 is 20.1 Å². The van der Waals surface area contributed by atoms with Gasteiger partial charge in [-0.1, -0.05) is 45.7 Å². The first kappa shape index (κ1) is 27.7. The molecular weight excluding hydrogens is 564 g/mol. The van der Waals surface area contributed by atoms with Crippen molar-refractivity contribution < 1.29 is 23.9 Å². The average molecular weight is 588 g/mol. The molecule has 3 aromatic rings. The lowest BCUT2D eigenvalue weighted by Gasteiger charge is -2.11. The quantitative estimate of drug-likeness (QED) is 0.197. The van der Waals surface area contributed by atoms with Gasteiger partial charge in [0.15, 0.2) is 6.61 Å². The van der Waals surface area contributed by atoms with Gasteiger partial charge in [-0.15, -0.1) is 0 Å². The van der Waals surface area contributed by atoms with Crippen molar-refractivity contribution in [2.75, 3.05) is 19.0 Å². The average Bonchev–Trinajstić information content (AvgIpc) is 2.89. The van der Waals surface area contributed by atoms with E-state index in [0.29, 0.717) is 27.8 Å². The first-order valence-electron chi connectivity index (χ1n) is 11.0. The highest BCUT2D eigenvalue weighted by Crippen LogP contribution is 2.23. The number of nitrogens with zero attached hydrogens (tertiary/aromatic N) is 1. The summed E-state index contributed by atoms with van der Waals surface area (Å²) >= 11 is 9.36. The Bertz CT molecular complexity index is 1310. The van der Waals surface area contributed by atoms with Crippen LogP contribution in [0.3, 0.4) is 0 Å². The molecule has 37 heavy (non-hydrogen) atoms. The normalized spacial score (nSPS) is 10.6. The van der Waals surface area contributed by atoms with Crippen LogP contribution in [0.1, 0.15) is 16.7 Å². The van der Waals surface area contributed by atoms with Crippen molar-refractivity contribution in [3.05, 3.63) is 86.8 Å². The molecule has 9 nitrogen and oxygen atoms in total. The van der Waals surface area contributed by atoms with Gasteiger partial charge in [0.05, 0.1) is 13.3 Å². The number of hydrazone groups is 1. The van der Waals surface area contributed by atoms with Gasteiger partial charge in [-0.3, -0.25) is 14.4 Å². The molecule has 0 unspecified atom stereocenters. The summed E-state index contributed by atoms with van der Waals surface area (Å²) in [5, 5.41) is 9.61. The molecule has 3 amide bonds. The number of hydrogen-bond acceptors (Lipinski definition) is 6. The van der Waals surface area contributed by atoms with Crippen molar-refractivity contribution in [3.63, 3.8) is 0 Å². The molecule has 0 saturated carbocycles. The smallest absolute Gasteiger partial charge is 0.329 e. The summed E-state index contributed by atoms with van der Waals surface area (Å²) in [5.74, 6) is -1.11. The largest absolute Gasteiger partial charge is 0.497 e. The number of methoxy groups -OCH3 is 1. The third-order valence-electron chi connectivity index (χ3n) is 4.99. The van der Waals surface area contributed by atoms with E-state index in [1.54, 1.807) is 67.8 Å². The minimum Gasteiger partial charge on any atom is -0.497 e. The first-order chi connectivity index (χ1) is 17.7. The maximum atomic E-state index is 12.4. The Labute approximate surface area is 227 Å². The van der Waals surface area contributed by atoms with E-state index in [0.717, 1.165) is 15.6 Å². The molecule has 0 spiro atoms. The monoisotopic (exact) mass is 586 g/mol. The van der Waals surface area contributed by atoms with Crippen LogP contribution in [-0.2, 0) is 20.9 Å². The predicted octanol–water partition coefficient (Wildman–Crippen LogP) is 4.20. The number of aryl methyl sites for hydroxylation is 1. The number of rotatable bonds is 9. The molecule has 0 atom stereocenters. The number of carbonyl (C=O) groups excluding carboxylic acids is 3. The molecule has 3 aromatic carbocycles.